The van der Waals surface area contributed by atoms with Crippen molar-refractivity contribution < 1.29 is 14.3 Å². The molecule has 0 unspecified atom stereocenters. The molecule has 2 aromatic carbocycles. The van der Waals surface area contributed by atoms with Crippen molar-refractivity contribution in [3.63, 3.8) is 0 Å². The van der Waals surface area contributed by atoms with Crippen LogP contribution in [0, 0.1) is 0 Å². The number of nitrogens with one attached hydrogen (secondary N) is 1. The molecule has 28 heavy (non-hydrogen) atoms. The van der Waals surface area contributed by atoms with E-state index in [0.717, 1.165) is 10.6 Å². The van der Waals surface area contributed by atoms with Crippen molar-refractivity contribution in [1.29, 1.82) is 0 Å². The molecule has 0 aliphatic rings. The van der Waals surface area contributed by atoms with E-state index in [4.69, 9.17) is 16.3 Å². The number of amides is 1. The number of hydrogen-bond acceptors (Lipinski definition) is 5. The maximum Gasteiger partial charge on any atom is 0.338 e. The first-order chi connectivity index (χ1) is 13.6. The number of ether oxygens (including phenoxy) is 1. The molecule has 3 aromatic rings. The summed E-state index contributed by atoms with van der Waals surface area (Å²) >= 11 is 7.44. The van der Waals surface area contributed by atoms with Crippen LogP contribution in [0.5, 0.6) is 0 Å². The SMILES string of the molecule is O=C(COC(=O)c1ccc(-n2cccn2)cc1)NCCSc1ccc(Cl)cc1. The number of rotatable bonds is 8. The number of carbonyl (C=O) groups is 2. The van der Waals surface area contributed by atoms with Gasteiger partial charge in [-0.25, -0.2) is 9.48 Å². The molecule has 0 spiro atoms. The fourth-order valence-corrected chi connectivity index (χ4v) is 3.22. The minimum absolute atomic E-state index is 0.314. The maximum atomic E-state index is 12.0. The second-order valence-corrected chi connectivity index (χ2v) is 7.33. The summed E-state index contributed by atoms with van der Waals surface area (Å²) in [4.78, 5) is 24.9. The quantitative estimate of drug-likeness (QED) is 0.346. The van der Waals surface area contributed by atoms with Gasteiger partial charge in [0.25, 0.3) is 5.91 Å². The number of benzene rings is 2. The van der Waals surface area contributed by atoms with Crippen molar-refractivity contribution in [1.82, 2.24) is 15.1 Å². The molecule has 0 saturated heterocycles. The summed E-state index contributed by atoms with van der Waals surface area (Å²) in [5, 5.41) is 7.53. The van der Waals surface area contributed by atoms with Gasteiger partial charge in [-0.05, 0) is 54.6 Å². The van der Waals surface area contributed by atoms with Crippen molar-refractivity contribution in [3.05, 3.63) is 77.6 Å². The third-order valence-corrected chi connectivity index (χ3v) is 4.98. The molecular weight excluding hydrogens is 398 g/mol. The first kappa shape index (κ1) is 20.0. The molecule has 1 N–H and O–H groups in total. The van der Waals surface area contributed by atoms with Crippen molar-refractivity contribution in [3.8, 4) is 5.69 Å². The largest absolute Gasteiger partial charge is 0.452 e. The average Bonchev–Trinajstić information content (AvgIpc) is 3.26. The minimum atomic E-state index is -0.544. The normalized spacial score (nSPS) is 10.5. The highest BCUT2D eigenvalue weighted by atomic mass is 35.5. The Morgan fingerprint density at radius 3 is 2.54 bits per heavy atom. The van der Waals surface area contributed by atoms with Crippen LogP contribution < -0.4 is 5.32 Å². The number of halogens is 1. The maximum absolute atomic E-state index is 12.0. The monoisotopic (exact) mass is 415 g/mol. The molecule has 144 valence electrons. The van der Waals surface area contributed by atoms with Gasteiger partial charge in [-0.15, -0.1) is 11.8 Å². The van der Waals surface area contributed by atoms with Gasteiger partial charge in [0.15, 0.2) is 6.61 Å². The van der Waals surface area contributed by atoms with Crippen LogP contribution in [0.4, 0.5) is 0 Å². The third-order valence-electron chi connectivity index (χ3n) is 3.71. The molecule has 0 fully saturated rings. The summed E-state index contributed by atoms with van der Waals surface area (Å²) in [6.07, 6.45) is 3.48. The summed E-state index contributed by atoms with van der Waals surface area (Å²) < 4.78 is 6.74. The Morgan fingerprint density at radius 1 is 1.11 bits per heavy atom. The van der Waals surface area contributed by atoms with E-state index >= 15 is 0 Å². The predicted octanol–water partition coefficient (Wildman–Crippen LogP) is 3.59. The van der Waals surface area contributed by atoms with Gasteiger partial charge >= 0.3 is 5.97 Å². The van der Waals surface area contributed by atoms with Gasteiger partial charge in [0, 0.05) is 34.6 Å². The lowest BCUT2D eigenvalue weighted by atomic mass is 10.2. The zero-order chi connectivity index (χ0) is 19.8. The predicted molar refractivity (Wildman–Crippen MR) is 109 cm³/mol. The first-order valence-corrected chi connectivity index (χ1v) is 9.90. The van der Waals surface area contributed by atoms with Gasteiger partial charge in [0.2, 0.25) is 0 Å². The van der Waals surface area contributed by atoms with E-state index in [1.807, 2.05) is 36.5 Å². The highest BCUT2D eigenvalue weighted by Gasteiger charge is 2.10. The Morgan fingerprint density at radius 2 is 1.86 bits per heavy atom. The van der Waals surface area contributed by atoms with Crippen molar-refractivity contribution in [2.24, 2.45) is 0 Å². The molecular formula is C20H18ClN3O3S. The number of thioether (sulfide) groups is 1. The minimum Gasteiger partial charge on any atom is -0.452 e. The number of hydrogen-bond donors (Lipinski definition) is 1. The van der Waals surface area contributed by atoms with Crippen molar-refractivity contribution in [2.75, 3.05) is 18.9 Å². The van der Waals surface area contributed by atoms with Crippen LogP contribution in [0.15, 0.2) is 71.9 Å². The van der Waals surface area contributed by atoms with Crippen LogP contribution in [0.25, 0.3) is 5.69 Å². The number of carbonyl (C=O) groups excluding carboxylic acids is 2. The molecule has 6 nitrogen and oxygen atoms in total. The molecule has 0 bridgehead atoms. The van der Waals surface area contributed by atoms with Gasteiger partial charge in [-0.2, -0.15) is 5.10 Å². The molecule has 0 atom stereocenters. The number of esters is 1. The van der Waals surface area contributed by atoms with E-state index in [0.29, 0.717) is 22.9 Å². The number of nitrogens with zero attached hydrogens (tertiary/aromatic N) is 2. The Kier molecular flexibility index (Phi) is 7.11. The smallest absolute Gasteiger partial charge is 0.338 e. The summed E-state index contributed by atoms with van der Waals surface area (Å²) in [5.74, 6) is -0.174. The fourth-order valence-electron chi connectivity index (χ4n) is 2.33. The Labute approximate surface area is 171 Å². The van der Waals surface area contributed by atoms with Gasteiger partial charge in [-0.3, -0.25) is 4.79 Å². The van der Waals surface area contributed by atoms with Crippen LogP contribution in [0.2, 0.25) is 5.02 Å². The summed E-state index contributed by atoms with van der Waals surface area (Å²) in [5.41, 5.74) is 1.21. The van der Waals surface area contributed by atoms with Crippen molar-refractivity contribution in [2.45, 2.75) is 4.90 Å². The van der Waals surface area contributed by atoms with E-state index in [9.17, 15) is 9.59 Å². The standard InChI is InChI=1S/C20H18ClN3O3S/c21-16-4-8-18(9-5-16)28-13-11-22-19(25)14-27-20(26)15-2-6-17(7-3-15)24-12-1-10-23-24/h1-10,12H,11,13-14H2,(H,22,25). The first-order valence-electron chi connectivity index (χ1n) is 8.54. The summed E-state index contributed by atoms with van der Waals surface area (Å²) in [6, 6.07) is 16.1. The topological polar surface area (TPSA) is 73.2 Å². The highest BCUT2D eigenvalue weighted by Crippen LogP contribution is 2.19. The molecule has 1 heterocycles. The molecule has 0 aliphatic carbocycles. The van der Waals surface area contributed by atoms with Gasteiger partial charge < -0.3 is 10.1 Å². The molecule has 1 amide bonds. The molecule has 8 heteroatoms. The van der Waals surface area contributed by atoms with Gasteiger partial charge in [-0.1, -0.05) is 11.6 Å². The van der Waals surface area contributed by atoms with E-state index in [2.05, 4.69) is 10.4 Å². The van der Waals surface area contributed by atoms with Gasteiger partial charge in [0.05, 0.1) is 11.3 Å². The van der Waals surface area contributed by atoms with E-state index < -0.39 is 5.97 Å². The van der Waals surface area contributed by atoms with E-state index in [1.54, 1.807) is 46.9 Å². The Bertz CT molecular complexity index is 913. The fraction of sp³-hybridized carbons (Fsp3) is 0.150. The lowest BCUT2D eigenvalue weighted by molar-refractivity contribution is -0.124. The van der Waals surface area contributed by atoms with Crippen LogP contribution in [0.3, 0.4) is 0 Å². The second kappa shape index (κ2) is 9.96. The zero-order valence-electron chi connectivity index (χ0n) is 14.9. The summed E-state index contributed by atoms with van der Waals surface area (Å²) in [6.45, 7) is 0.160. The summed E-state index contributed by atoms with van der Waals surface area (Å²) in [7, 11) is 0. The molecule has 3 rings (SSSR count). The van der Waals surface area contributed by atoms with Crippen LogP contribution in [-0.4, -0.2) is 40.6 Å². The van der Waals surface area contributed by atoms with Crippen LogP contribution in [-0.2, 0) is 9.53 Å². The second-order valence-electron chi connectivity index (χ2n) is 5.73. The average molecular weight is 416 g/mol. The Balaban J connectivity index is 1.36. The third kappa shape index (κ3) is 5.87. The number of aromatic nitrogens is 2. The molecule has 0 saturated carbocycles. The van der Waals surface area contributed by atoms with Crippen molar-refractivity contribution >= 4 is 35.2 Å². The van der Waals surface area contributed by atoms with E-state index in [-0.39, 0.29) is 12.5 Å². The molecule has 0 aliphatic heterocycles. The zero-order valence-corrected chi connectivity index (χ0v) is 16.4. The van der Waals surface area contributed by atoms with Crippen LogP contribution >= 0.6 is 23.4 Å². The van der Waals surface area contributed by atoms with Crippen LogP contribution in [0.1, 0.15) is 10.4 Å². The lowest BCUT2D eigenvalue weighted by Crippen LogP contribution is -2.30. The van der Waals surface area contributed by atoms with Gasteiger partial charge in [0.1, 0.15) is 0 Å². The molecule has 1 aromatic heterocycles. The Hall–Kier alpha value is -2.77. The lowest BCUT2D eigenvalue weighted by Gasteiger charge is -2.07. The van der Waals surface area contributed by atoms with E-state index in [1.165, 1.54) is 0 Å². The molecule has 0 radical (unpaired) electrons. The highest BCUT2D eigenvalue weighted by molar-refractivity contribution is 7.99.